The molecule has 1 atom stereocenters. The summed E-state index contributed by atoms with van der Waals surface area (Å²) in [4.78, 5) is 29.2. The number of carboxylic acid groups (broad SMARTS) is 1. The van der Waals surface area contributed by atoms with Crippen molar-refractivity contribution in [2.45, 2.75) is 38.1 Å². The van der Waals surface area contributed by atoms with Crippen LogP contribution in [0.15, 0.2) is 24.5 Å². The molecule has 1 aromatic rings. The maximum Gasteiger partial charge on any atom is 0.329 e. The average Bonchev–Trinajstić information content (AvgIpc) is 2.40. The molecule has 2 rings (SSSR count). The molecule has 0 saturated carbocycles. The maximum atomic E-state index is 12.3. The Morgan fingerprint density at radius 1 is 1.47 bits per heavy atom. The van der Waals surface area contributed by atoms with Crippen molar-refractivity contribution in [3.05, 3.63) is 30.1 Å². The SMILES string of the molecule is CC1(C(=O)O)CCCCN1C(=O)Cc1cccnc1. The number of hydrogen-bond acceptors (Lipinski definition) is 3. The molecule has 102 valence electrons. The number of likely N-dealkylation sites (tertiary alicyclic amines) is 1. The molecule has 19 heavy (non-hydrogen) atoms. The van der Waals surface area contributed by atoms with E-state index in [1.807, 2.05) is 6.07 Å². The first-order valence-corrected chi connectivity index (χ1v) is 6.47. The minimum absolute atomic E-state index is 0.141. The fourth-order valence-electron chi connectivity index (χ4n) is 2.52. The standard InChI is InChI=1S/C14H18N2O3/c1-14(13(18)19)6-2-3-8-16(14)12(17)9-11-5-4-7-15-10-11/h4-5,7,10H,2-3,6,8-9H2,1H3,(H,18,19). The number of amides is 1. The summed E-state index contributed by atoms with van der Waals surface area (Å²) in [6.07, 6.45) is 5.72. The van der Waals surface area contributed by atoms with Crippen molar-refractivity contribution >= 4 is 11.9 Å². The van der Waals surface area contributed by atoms with Crippen molar-refractivity contribution < 1.29 is 14.7 Å². The van der Waals surface area contributed by atoms with Crippen LogP contribution in [0, 0.1) is 0 Å². The van der Waals surface area contributed by atoms with Gasteiger partial charge >= 0.3 is 5.97 Å². The highest BCUT2D eigenvalue weighted by Gasteiger charge is 2.43. The summed E-state index contributed by atoms with van der Waals surface area (Å²) in [5.74, 6) is -1.07. The molecule has 1 fully saturated rings. The van der Waals surface area contributed by atoms with Gasteiger partial charge in [-0.2, -0.15) is 0 Å². The fourth-order valence-corrected chi connectivity index (χ4v) is 2.52. The number of hydrogen-bond donors (Lipinski definition) is 1. The van der Waals surface area contributed by atoms with Gasteiger partial charge in [0.05, 0.1) is 6.42 Å². The van der Waals surface area contributed by atoms with E-state index < -0.39 is 11.5 Å². The molecule has 1 N–H and O–H groups in total. The molecule has 0 aliphatic carbocycles. The van der Waals surface area contributed by atoms with Crippen molar-refractivity contribution in [2.75, 3.05) is 6.54 Å². The molecule has 1 saturated heterocycles. The second-order valence-corrected chi connectivity index (χ2v) is 5.12. The summed E-state index contributed by atoms with van der Waals surface area (Å²) in [5, 5.41) is 9.38. The summed E-state index contributed by atoms with van der Waals surface area (Å²) in [5.41, 5.74) is -0.261. The minimum atomic E-state index is -1.07. The molecule has 1 amide bonds. The van der Waals surface area contributed by atoms with Crippen molar-refractivity contribution in [3.63, 3.8) is 0 Å². The molecular formula is C14H18N2O3. The molecular weight excluding hydrogens is 244 g/mol. The molecule has 1 unspecified atom stereocenters. The van der Waals surface area contributed by atoms with Crippen LogP contribution in [-0.2, 0) is 16.0 Å². The van der Waals surface area contributed by atoms with E-state index in [1.54, 1.807) is 25.4 Å². The van der Waals surface area contributed by atoms with Gasteiger partial charge in [0.2, 0.25) is 5.91 Å². The van der Waals surface area contributed by atoms with Gasteiger partial charge in [-0.3, -0.25) is 9.78 Å². The minimum Gasteiger partial charge on any atom is -0.480 e. The second-order valence-electron chi connectivity index (χ2n) is 5.12. The van der Waals surface area contributed by atoms with E-state index in [0.717, 1.165) is 18.4 Å². The number of carbonyl (C=O) groups is 2. The third kappa shape index (κ3) is 2.75. The van der Waals surface area contributed by atoms with Gasteiger partial charge in [0.15, 0.2) is 0 Å². The maximum absolute atomic E-state index is 12.3. The Labute approximate surface area is 112 Å². The predicted octanol–water partition coefficient (Wildman–Crippen LogP) is 1.48. The second kappa shape index (κ2) is 5.38. The number of rotatable bonds is 3. The van der Waals surface area contributed by atoms with E-state index in [0.29, 0.717) is 13.0 Å². The van der Waals surface area contributed by atoms with E-state index in [9.17, 15) is 14.7 Å². The average molecular weight is 262 g/mol. The van der Waals surface area contributed by atoms with Crippen LogP contribution in [0.1, 0.15) is 31.7 Å². The molecule has 5 nitrogen and oxygen atoms in total. The van der Waals surface area contributed by atoms with Gasteiger partial charge in [0.1, 0.15) is 5.54 Å². The van der Waals surface area contributed by atoms with E-state index >= 15 is 0 Å². The van der Waals surface area contributed by atoms with Gasteiger partial charge in [-0.1, -0.05) is 6.07 Å². The zero-order valence-electron chi connectivity index (χ0n) is 11.0. The highest BCUT2D eigenvalue weighted by atomic mass is 16.4. The number of carbonyl (C=O) groups excluding carboxylic acids is 1. The number of aromatic nitrogens is 1. The Balaban J connectivity index is 2.14. The Hall–Kier alpha value is -1.91. The van der Waals surface area contributed by atoms with Crippen molar-refractivity contribution in [2.24, 2.45) is 0 Å². The fraction of sp³-hybridized carbons (Fsp3) is 0.500. The third-order valence-corrected chi connectivity index (χ3v) is 3.73. The van der Waals surface area contributed by atoms with Gasteiger partial charge in [-0.25, -0.2) is 4.79 Å². The highest BCUT2D eigenvalue weighted by Crippen LogP contribution is 2.28. The number of aliphatic carboxylic acids is 1. The smallest absolute Gasteiger partial charge is 0.329 e. The van der Waals surface area contributed by atoms with Crippen LogP contribution >= 0.6 is 0 Å². The van der Waals surface area contributed by atoms with E-state index in [2.05, 4.69) is 4.98 Å². The first-order chi connectivity index (χ1) is 9.04. The lowest BCUT2D eigenvalue weighted by Crippen LogP contribution is -2.57. The quantitative estimate of drug-likeness (QED) is 0.895. The van der Waals surface area contributed by atoms with E-state index in [-0.39, 0.29) is 12.3 Å². The number of piperidine rings is 1. The summed E-state index contributed by atoms with van der Waals surface area (Å²) in [6.45, 7) is 2.15. The van der Waals surface area contributed by atoms with Crippen LogP contribution in [0.3, 0.4) is 0 Å². The molecule has 5 heteroatoms. The first kappa shape index (κ1) is 13.5. The predicted molar refractivity (Wildman–Crippen MR) is 69.5 cm³/mol. The third-order valence-electron chi connectivity index (χ3n) is 3.73. The van der Waals surface area contributed by atoms with Gasteiger partial charge in [0, 0.05) is 18.9 Å². The summed E-state index contributed by atoms with van der Waals surface area (Å²) < 4.78 is 0. The number of pyridine rings is 1. The van der Waals surface area contributed by atoms with Crippen molar-refractivity contribution in [3.8, 4) is 0 Å². The molecule has 1 aliphatic heterocycles. The van der Waals surface area contributed by atoms with Crippen LogP contribution in [0.2, 0.25) is 0 Å². The molecule has 2 heterocycles. The molecule has 1 aromatic heterocycles. The lowest BCUT2D eigenvalue weighted by Gasteiger charge is -2.41. The van der Waals surface area contributed by atoms with Gasteiger partial charge < -0.3 is 10.0 Å². The zero-order chi connectivity index (χ0) is 13.9. The normalized spacial score (nSPS) is 23.1. The van der Waals surface area contributed by atoms with Crippen LogP contribution in [0.5, 0.6) is 0 Å². The topological polar surface area (TPSA) is 70.5 Å². The van der Waals surface area contributed by atoms with Gasteiger partial charge in [-0.15, -0.1) is 0 Å². The van der Waals surface area contributed by atoms with Crippen LogP contribution in [0.4, 0.5) is 0 Å². The highest BCUT2D eigenvalue weighted by molar-refractivity contribution is 5.88. The Kier molecular flexibility index (Phi) is 3.83. The van der Waals surface area contributed by atoms with Gasteiger partial charge in [0.25, 0.3) is 0 Å². The number of carboxylic acids is 1. The van der Waals surface area contributed by atoms with Crippen molar-refractivity contribution in [1.82, 2.24) is 9.88 Å². The van der Waals surface area contributed by atoms with E-state index in [4.69, 9.17) is 0 Å². The molecule has 1 aliphatic rings. The van der Waals surface area contributed by atoms with Gasteiger partial charge in [-0.05, 0) is 37.8 Å². The number of nitrogens with zero attached hydrogens (tertiary/aromatic N) is 2. The Bertz CT molecular complexity index is 475. The van der Waals surface area contributed by atoms with Crippen molar-refractivity contribution in [1.29, 1.82) is 0 Å². The lowest BCUT2D eigenvalue weighted by atomic mass is 9.88. The summed E-state index contributed by atoms with van der Waals surface area (Å²) >= 11 is 0. The van der Waals surface area contributed by atoms with Crippen LogP contribution in [0.25, 0.3) is 0 Å². The summed E-state index contributed by atoms with van der Waals surface area (Å²) in [7, 11) is 0. The van der Waals surface area contributed by atoms with E-state index in [1.165, 1.54) is 4.90 Å². The summed E-state index contributed by atoms with van der Waals surface area (Å²) in [6, 6.07) is 3.60. The molecule has 0 aromatic carbocycles. The first-order valence-electron chi connectivity index (χ1n) is 6.47. The Morgan fingerprint density at radius 3 is 2.89 bits per heavy atom. The molecule has 0 bridgehead atoms. The van der Waals surface area contributed by atoms with Crippen LogP contribution in [-0.4, -0.2) is 39.0 Å². The zero-order valence-corrected chi connectivity index (χ0v) is 11.0. The monoisotopic (exact) mass is 262 g/mol. The largest absolute Gasteiger partial charge is 0.480 e. The Morgan fingerprint density at radius 2 is 2.26 bits per heavy atom. The van der Waals surface area contributed by atoms with Crippen LogP contribution < -0.4 is 0 Å². The molecule has 0 radical (unpaired) electrons. The molecule has 0 spiro atoms. The lowest BCUT2D eigenvalue weighted by molar-refractivity contribution is -0.160.